The van der Waals surface area contributed by atoms with Crippen LogP contribution in [0.4, 0.5) is 4.39 Å². The quantitative estimate of drug-likeness (QED) is 0.938. The number of nitrogens with two attached hydrogens (primary N) is 1. The molecule has 2 N–H and O–H groups in total. The SMILES string of the molecule is N[C@@H](CC(=O)N1CCC[C@H]1c1ccc(F)cc1)c1ccccc1. The third-order valence-electron chi connectivity index (χ3n) is 4.45. The number of likely N-dealkylation sites (tertiary alicyclic amines) is 1. The van der Waals surface area contributed by atoms with Gasteiger partial charge in [0.25, 0.3) is 0 Å². The Labute approximate surface area is 135 Å². The first-order valence-corrected chi connectivity index (χ1v) is 8.00. The van der Waals surface area contributed by atoms with Gasteiger partial charge in [0.1, 0.15) is 5.82 Å². The third kappa shape index (κ3) is 3.59. The van der Waals surface area contributed by atoms with Gasteiger partial charge in [-0.2, -0.15) is 0 Å². The average molecular weight is 312 g/mol. The predicted molar refractivity (Wildman–Crippen MR) is 88.1 cm³/mol. The maximum atomic E-state index is 13.1. The molecule has 0 unspecified atom stereocenters. The van der Waals surface area contributed by atoms with Gasteiger partial charge in [0.15, 0.2) is 0 Å². The normalized spacial score (nSPS) is 18.9. The van der Waals surface area contributed by atoms with Crippen LogP contribution in [0.1, 0.15) is 42.5 Å². The molecule has 0 radical (unpaired) electrons. The second-order valence-electron chi connectivity index (χ2n) is 6.02. The van der Waals surface area contributed by atoms with Crippen LogP contribution < -0.4 is 5.73 Å². The highest BCUT2D eigenvalue weighted by Crippen LogP contribution is 2.33. The van der Waals surface area contributed by atoms with Crippen molar-refractivity contribution in [2.75, 3.05) is 6.54 Å². The standard InChI is InChI=1S/C19H21FN2O/c20-16-10-8-15(9-11-16)18-7-4-12-22(18)19(23)13-17(21)14-5-2-1-3-6-14/h1-3,5-6,8-11,17-18H,4,7,12-13,21H2/t17-,18-/m0/s1. The molecule has 3 rings (SSSR count). The summed E-state index contributed by atoms with van der Waals surface area (Å²) in [7, 11) is 0. The summed E-state index contributed by atoms with van der Waals surface area (Å²) in [4.78, 5) is 14.5. The summed E-state index contributed by atoms with van der Waals surface area (Å²) in [6.07, 6.45) is 2.17. The van der Waals surface area contributed by atoms with E-state index in [4.69, 9.17) is 5.73 Å². The zero-order chi connectivity index (χ0) is 16.2. The molecule has 0 spiro atoms. The molecule has 0 bridgehead atoms. The Morgan fingerprint density at radius 1 is 1.17 bits per heavy atom. The molecule has 0 saturated carbocycles. The van der Waals surface area contributed by atoms with Crippen molar-refractivity contribution >= 4 is 5.91 Å². The Kier molecular flexibility index (Phi) is 4.72. The molecule has 1 saturated heterocycles. The number of rotatable bonds is 4. The summed E-state index contributed by atoms with van der Waals surface area (Å²) in [6, 6.07) is 15.9. The molecule has 2 aromatic rings. The fraction of sp³-hybridized carbons (Fsp3) is 0.316. The molecule has 2 aromatic carbocycles. The number of hydrogen-bond donors (Lipinski definition) is 1. The first-order valence-electron chi connectivity index (χ1n) is 8.00. The van der Waals surface area contributed by atoms with Gasteiger partial charge in [-0.15, -0.1) is 0 Å². The second-order valence-corrected chi connectivity index (χ2v) is 6.02. The summed E-state index contributed by atoms with van der Waals surface area (Å²) in [5, 5.41) is 0. The minimum Gasteiger partial charge on any atom is -0.336 e. The minimum atomic E-state index is -0.293. The van der Waals surface area contributed by atoms with E-state index in [1.165, 1.54) is 12.1 Å². The molecule has 1 heterocycles. The molecule has 2 atom stereocenters. The van der Waals surface area contributed by atoms with Gasteiger partial charge in [0.2, 0.25) is 5.91 Å². The van der Waals surface area contributed by atoms with Crippen LogP contribution in [-0.4, -0.2) is 17.4 Å². The van der Waals surface area contributed by atoms with Crippen LogP contribution in [0.5, 0.6) is 0 Å². The lowest BCUT2D eigenvalue weighted by Gasteiger charge is -2.26. The van der Waals surface area contributed by atoms with E-state index in [-0.39, 0.29) is 23.8 Å². The van der Waals surface area contributed by atoms with Gasteiger partial charge >= 0.3 is 0 Å². The Morgan fingerprint density at radius 3 is 2.57 bits per heavy atom. The zero-order valence-electron chi connectivity index (χ0n) is 13.0. The topological polar surface area (TPSA) is 46.3 Å². The van der Waals surface area contributed by atoms with Gasteiger partial charge in [-0.25, -0.2) is 4.39 Å². The Bertz CT molecular complexity index is 657. The zero-order valence-corrected chi connectivity index (χ0v) is 13.0. The van der Waals surface area contributed by atoms with Gasteiger partial charge in [0, 0.05) is 19.0 Å². The van der Waals surface area contributed by atoms with Gasteiger partial charge in [-0.1, -0.05) is 42.5 Å². The van der Waals surface area contributed by atoms with Crippen LogP contribution in [0.2, 0.25) is 0 Å². The number of benzene rings is 2. The van der Waals surface area contributed by atoms with E-state index in [0.29, 0.717) is 6.42 Å². The monoisotopic (exact) mass is 312 g/mol. The second kappa shape index (κ2) is 6.92. The van der Waals surface area contributed by atoms with Crippen LogP contribution in [0.25, 0.3) is 0 Å². The van der Waals surface area contributed by atoms with E-state index in [0.717, 1.165) is 30.5 Å². The lowest BCUT2D eigenvalue weighted by atomic mass is 10.0. The molecule has 23 heavy (non-hydrogen) atoms. The average Bonchev–Trinajstić information content (AvgIpc) is 3.06. The van der Waals surface area contributed by atoms with Crippen molar-refractivity contribution in [3.63, 3.8) is 0 Å². The summed E-state index contributed by atoms with van der Waals surface area (Å²) >= 11 is 0. The molecule has 3 nitrogen and oxygen atoms in total. The summed E-state index contributed by atoms with van der Waals surface area (Å²) in [6.45, 7) is 0.738. The largest absolute Gasteiger partial charge is 0.336 e. The predicted octanol–water partition coefficient (Wildman–Crippen LogP) is 3.58. The third-order valence-corrected chi connectivity index (χ3v) is 4.45. The lowest BCUT2D eigenvalue weighted by Crippen LogP contribution is -2.33. The molecular weight excluding hydrogens is 291 g/mol. The van der Waals surface area contributed by atoms with E-state index < -0.39 is 0 Å². The molecule has 1 aliphatic heterocycles. The lowest BCUT2D eigenvalue weighted by molar-refractivity contribution is -0.132. The van der Waals surface area contributed by atoms with Crippen LogP contribution in [0.3, 0.4) is 0 Å². The Morgan fingerprint density at radius 2 is 1.87 bits per heavy atom. The van der Waals surface area contributed by atoms with E-state index >= 15 is 0 Å². The van der Waals surface area contributed by atoms with Crippen LogP contribution in [0, 0.1) is 5.82 Å². The first-order chi connectivity index (χ1) is 11.1. The molecule has 0 aliphatic carbocycles. The van der Waals surface area contributed by atoms with E-state index in [2.05, 4.69) is 0 Å². The number of amides is 1. The number of carbonyl (C=O) groups excluding carboxylic acids is 1. The highest BCUT2D eigenvalue weighted by molar-refractivity contribution is 5.78. The maximum Gasteiger partial charge on any atom is 0.224 e. The maximum absolute atomic E-state index is 13.1. The Balaban J connectivity index is 1.69. The number of carbonyl (C=O) groups is 1. The Hall–Kier alpha value is -2.20. The molecule has 120 valence electrons. The summed E-state index contributed by atoms with van der Waals surface area (Å²) < 4.78 is 13.1. The summed E-state index contributed by atoms with van der Waals surface area (Å²) in [5.41, 5.74) is 8.13. The van der Waals surface area contributed by atoms with Crippen molar-refractivity contribution in [2.24, 2.45) is 5.73 Å². The van der Waals surface area contributed by atoms with E-state index in [1.807, 2.05) is 35.2 Å². The first kappa shape index (κ1) is 15.7. The smallest absolute Gasteiger partial charge is 0.224 e. The van der Waals surface area contributed by atoms with Crippen molar-refractivity contribution in [2.45, 2.75) is 31.3 Å². The highest BCUT2D eigenvalue weighted by Gasteiger charge is 2.30. The van der Waals surface area contributed by atoms with Crippen molar-refractivity contribution in [1.29, 1.82) is 0 Å². The van der Waals surface area contributed by atoms with Crippen molar-refractivity contribution in [3.05, 3.63) is 71.5 Å². The van der Waals surface area contributed by atoms with Crippen LogP contribution in [-0.2, 0) is 4.79 Å². The van der Waals surface area contributed by atoms with Crippen LogP contribution >= 0.6 is 0 Å². The van der Waals surface area contributed by atoms with Gasteiger partial charge in [0.05, 0.1) is 6.04 Å². The van der Waals surface area contributed by atoms with Gasteiger partial charge in [-0.3, -0.25) is 4.79 Å². The molecule has 0 aromatic heterocycles. The summed E-state index contributed by atoms with van der Waals surface area (Å²) in [5.74, 6) is -0.191. The molecule has 1 aliphatic rings. The molecular formula is C19H21FN2O. The fourth-order valence-corrected chi connectivity index (χ4v) is 3.22. The van der Waals surface area contributed by atoms with E-state index in [9.17, 15) is 9.18 Å². The molecule has 1 amide bonds. The van der Waals surface area contributed by atoms with E-state index in [1.54, 1.807) is 12.1 Å². The van der Waals surface area contributed by atoms with Crippen molar-refractivity contribution in [1.82, 2.24) is 4.90 Å². The number of halogens is 1. The highest BCUT2D eigenvalue weighted by atomic mass is 19.1. The van der Waals surface area contributed by atoms with Gasteiger partial charge < -0.3 is 10.6 Å². The number of hydrogen-bond acceptors (Lipinski definition) is 2. The van der Waals surface area contributed by atoms with Crippen molar-refractivity contribution in [3.8, 4) is 0 Å². The van der Waals surface area contributed by atoms with Crippen molar-refractivity contribution < 1.29 is 9.18 Å². The van der Waals surface area contributed by atoms with Crippen LogP contribution in [0.15, 0.2) is 54.6 Å². The molecule has 1 fully saturated rings. The minimum absolute atomic E-state index is 0.0334. The fourth-order valence-electron chi connectivity index (χ4n) is 3.22. The van der Waals surface area contributed by atoms with Gasteiger partial charge in [-0.05, 0) is 36.1 Å². The number of nitrogens with zero attached hydrogens (tertiary/aromatic N) is 1. The molecule has 4 heteroatoms.